The minimum atomic E-state index is -0.827. The molecule has 9 heteroatoms. The number of guanidine groups is 1. The van der Waals surface area contributed by atoms with Gasteiger partial charge in [-0.1, -0.05) is 13.0 Å². The van der Waals surface area contributed by atoms with E-state index in [-0.39, 0.29) is 35.8 Å². The van der Waals surface area contributed by atoms with Gasteiger partial charge in [0.2, 0.25) is 5.91 Å². The van der Waals surface area contributed by atoms with Crippen LogP contribution in [0.25, 0.3) is 0 Å². The Hall–Kier alpha value is -1.49. The van der Waals surface area contributed by atoms with Gasteiger partial charge in [0.25, 0.3) is 0 Å². The van der Waals surface area contributed by atoms with Crippen LogP contribution in [0.3, 0.4) is 0 Å². The van der Waals surface area contributed by atoms with Crippen molar-refractivity contribution >= 4 is 35.8 Å². The molecule has 1 N–H and O–H groups in total. The van der Waals surface area contributed by atoms with Crippen LogP contribution in [0.2, 0.25) is 0 Å². The van der Waals surface area contributed by atoms with Crippen LogP contribution in [-0.2, 0) is 4.79 Å². The number of carbonyl (C=O) groups excluding carboxylic acids is 1. The molecule has 2 saturated heterocycles. The third-order valence-electron chi connectivity index (χ3n) is 6.03. The predicted octanol–water partition coefficient (Wildman–Crippen LogP) is 2.89. The minimum absolute atomic E-state index is 0. The zero-order chi connectivity index (χ0) is 21.5. The Bertz CT molecular complexity index is 749. The van der Waals surface area contributed by atoms with E-state index < -0.39 is 11.6 Å². The summed E-state index contributed by atoms with van der Waals surface area (Å²) in [5.41, 5.74) is 0.748. The fourth-order valence-corrected chi connectivity index (χ4v) is 4.07. The van der Waals surface area contributed by atoms with Crippen LogP contribution in [0.5, 0.6) is 0 Å². The van der Waals surface area contributed by atoms with Gasteiger partial charge in [-0.3, -0.25) is 14.7 Å². The molecule has 0 spiro atoms. The first-order valence-corrected chi connectivity index (χ1v) is 10.9. The maximum absolute atomic E-state index is 13.5. The molecule has 2 aliphatic rings. The standard InChI is InChI=1S/C22H33F2N5O.HI/c1-17(18-6-7-19(23)20(24)14-18)15-26-22(25-2)29-12-10-27(11-13-29)16-21(30)28-8-4-3-5-9-28;/h6-7,14,17H,3-5,8-13,15-16H2,1-2H3,(H,25,26);1H. The summed E-state index contributed by atoms with van der Waals surface area (Å²) in [5.74, 6) is -0.594. The van der Waals surface area contributed by atoms with E-state index in [4.69, 9.17) is 0 Å². The van der Waals surface area contributed by atoms with Gasteiger partial charge in [-0.2, -0.15) is 0 Å². The van der Waals surface area contributed by atoms with Crippen LogP contribution in [0.1, 0.15) is 37.7 Å². The van der Waals surface area contributed by atoms with E-state index in [0.717, 1.165) is 63.6 Å². The number of likely N-dealkylation sites (tertiary alicyclic amines) is 1. The largest absolute Gasteiger partial charge is 0.356 e. The molecule has 1 aromatic rings. The van der Waals surface area contributed by atoms with Gasteiger partial charge in [-0.05, 0) is 42.9 Å². The molecule has 0 bridgehead atoms. The minimum Gasteiger partial charge on any atom is -0.356 e. The van der Waals surface area contributed by atoms with E-state index in [1.165, 1.54) is 18.6 Å². The highest BCUT2D eigenvalue weighted by Gasteiger charge is 2.24. The SMILES string of the molecule is CN=C(NCC(C)c1ccc(F)c(F)c1)N1CCN(CC(=O)N2CCCCC2)CC1.I. The molecule has 0 radical (unpaired) electrons. The number of nitrogens with zero attached hydrogens (tertiary/aromatic N) is 4. The number of rotatable bonds is 5. The molecule has 3 rings (SSSR count). The second kappa shape index (κ2) is 12.5. The van der Waals surface area contributed by atoms with Crippen LogP contribution >= 0.6 is 24.0 Å². The Labute approximate surface area is 201 Å². The number of amides is 1. The monoisotopic (exact) mass is 549 g/mol. The van der Waals surface area contributed by atoms with Crippen LogP contribution in [-0.4, -0.2) is 86.0 Å². The summed E-state index contributed by atoms with van der Waals surface area (Å²) in [7, 11) is 1.75. The molecule has 174 valence electrons. The average molecular weight is 549 g/mol. The molecule has 1 aromatic carbocycles. The van der Waals surface area contributed by atoms with Crippen LogP contribution in [0.4, 0.5) is 8.78 Å². The first-order valence-electron chi connectivity index (χ1n) is 10.9. The highest BCUT2D eigenvalue weighted by atomic mass is 127. The van der Waals surface area contributed by atoms with E-state index in [9.17, 15) is 13.6 Å². The van der Waals surface area contributed by atoms with Gasteiger partial charge in [0.1, 0.15) is 0 Å². The van der Waals surface area contributed by atoms with Gasteiger partial charge in [0.15, 0.2) is 17.6 Å². The first-order chi connectivity index (χ1) is 14.5. The van der Waals surface area contributed by atoms with Crippen molar-refractivity contribution in [1.82, 2.24) is 20.0 Å². The van der Waals surface area contributed by atoms with Crippen LogP contribution in [0, 0.1) is 11.6 Å². The number of aliphatic imine (C=N–C) groups is 1. The number of nitrogens with one attached hydrogen (secondary N) is 1. The summed E-state index contributed by atoms with van der Waals surface area (Å²) < 4.78 is 26.6. The fraction of sp³-hybridized carbons (Fsp3) is 0.636. The lowest BCUT2D eigenvalue weighted by Gasteiger charge is -2.37. The molecular formula is C22H34F2IN5O. The van der Waals surface area contributed by atoms with E-state index in [0.29, 0.717) is 13.1 Å². The Morgan fingerprint density at radius 3 is 2.32 bits per heavy atom. The molecule has 0 aromatic heterocycles. The molecule has 0 saturated carbocycles. The van der Waals surface area contributed by atoms with Crippen molar-refractivity contribution in [3.05, 3.63) is 35.4 Å². The highest BCUT2D eigenvalue weighted by Crippen LogP contribution is 2.17. The topological polar surface area (TPSA) is 51.2 Å². The maximum atomic E-state index is 13.5. The van der Waals surface area contributed by atoms with Crippen molar-refractivity contribution in [3.8, 4) is 0 Å². The zero-order valence-corrected chi connectivity index (χ0v) is 20.8. The normalized spacial score (nSPS) is 19.0. The molecule has 1 atom stereocenters. The van der Waals surface area contributed by atoms with E-state index in [1.54, 1.807) is 13.1 Å². The number of halogens is 3. The van der Waals surface area contributed by atoms with Crippen molar-refractivity contribution in [2.45, 2.75) is 32.1 Å². The van der Waals surface area contributed by atoms with E-state index >= 15 is 0 Å². The average Bonchev–Trinajstić information content (AvgIpc) is 2.77. The smallest absolute Gasteiger partial charge is 0.236 e. The molecule has 2 aliphatic heterocycles. The summed E-state index contributed by atoms with van der Waals surface area (Å²) in [5, 5.41) is 3.34. The number of piperazine rings is 1. The second-order valence-electron chi connectivity index (χ2n) is 8.21. The van der Waals surface area contributed by atoms with Crippen molar-refractivity contribution in [1.29, 1.82) is 0 Å². The maximum Gasteiger partial charge on any atom is 0.236 e. The van der Waals surface area contributed by atoms with Crippen LogP contribution in [0.15, 0.2) is 23.2 Å². The molecule has 1 amide bonds. The molecule has 1 unspecified atom stereocenters. The summed E-state index contributed by atoms with van der Waals surface area (Å²) in [6.45, 7) is 8.06. The van der Waals surface area contributed by atoms with Gasteiger partial charge in [-0.25, -0.2) is 8.78 Å². The Balaban J connectivity index is 0.00000341. The summed E-state index contributed by atoms with van der Waals surface area (Å²) >= 11 is 0. The first kappa shape index (κ1) is 25.8. The Morgan fingerprint density at radius 1 is 1.03 bits per heavy atom. The number of carbonyl (C=O) groups is 1. The second-order valence-corrected chi connectivity index (χ2v) is 8.21. The number of benzene rings is 1. The third kappa shape index (κ3) is 7.27. The van der Waals surface area contributed by atoms with Gasteiger partial charge >= 0.3 is 0 Å². The van der Waals surface area contributed by atoms with Crippen molar-refractivity contribution in [2.24, 2.45) is 4.99 Å². The van der Waals surface area contributed by atoms with E-state index in [2.05, 4.69) is 20.1 Å². The van der Waals surface area contributed by atoms with Gasteiger partial charge < -0.3 is 15.1 Å². The molecule has 0 aliphatic carbocycles. The summed E-state index contributed by atoms with van der Waals surface area (Å²) in [6.07, 6.45) is 3.46. The fourth-order valence-electron chi connectivity index (χ4n) is 4.07. The third-order valence-corrected chi connectivity index (χ3v) is 6.03. The zero-order valence-electron chi connectivity index (χ0n) is 18.4. The van der Waals surface area contributed by atoms with E-state index in [1.807, 2.05) is 11.8 Å². The lowest BCUT2D eigenvalue weighted by Crippen LogP contribution is -2.54. The summed E-state index contributed by atoms with van der Waals surface area (Å²) in [4.78, 5) is 23.2. The lowest BCUT2D eigenvalue weighted by atomic mass is 10.0. The highest BCUT2D eigenvalue weighted by molar-refractivity contribution is 14.0. The number of piperidine rings is 1. The molecule has 6 nitrogen and oxygen atoms in total. The lowest BCUT2D eigenvalue weighted by molar-refractivity contribution is -0.133. The van der Waals surface area contributed by atoms with Gasteiger partial charge in [0.05, 0.1) is 6.54 Å². The molecule has 2 heterocycles. The van der Waals surface area contributed by atoms with Crippen molar-refractivity contribution in [3.63, 3.8) is 0 Å². The molecular weight excluding hydrogens is 515 g/mol. The van der Waals surface area contributed by atoms with Gasteiger partial charge in [-0.15, -0.1) is 24.0 Å². The van der Waals surface area contributed by atoms with Crippen LogP contribution < -0.4 is 5.32 Å². The summed E-state index contributed by atoms with van der Waals surface area (Å²) in [6, 6.07) is 4.04. The number of hydrogen-bond acceptors (Lipinski definition) is 3. The molecule has 31 heavy (non-hydrogen) atoms. The van der Waals surface area contributed by atoms with Gasteiger partial charge in [0, 0.05) is 52.9 Å². The Kier molecular flexibility index (Phi) is 10.4. The Morgan fingerprint density at radius 2 is 1.71 bits per heavy atom. The predicted molar refractivity (Wildman–Crippen MR) is 130 cm³/mol. The quantitative estimate of drug-likeness (QED) is 0.349. The molecule has 2 fully saturated rings. The number of hydrogen-bond donors (Lipinski definition) is 1. The van der Waals surface area contributed by atoms with Crippen molar-refractivity contribution in [2.75, 3.05) is 59.4 Å². The van der Waals surface area contributed by atoms with Crippen molar-refractivity contribution < 1.29 is 13.6 Å².